The molecule has 2 heteroatoms. The number of rotatable bonds is 3. The Balaban J connectivity index is 2.73. The summed E-state index contributed by atoms with van der Waals surface area (Å²) in [5, 5.41) is 0. The van der Waals surface area contributed by atoms with E-state index in [0.717, 1.165) is 6.42 Å². The molecule has 82 valence electrons. The summed E-state index contributed by atoms with van der Waals surface area (Å²) in [6.07, 6.45) is 5.68. The van der Waals surface area contributed by atoms with Gasteiger partial charge in [-0.1, -0.05) is 26.3 Å². The third-order valence-electron chi connectivity index (χ3n) is 2.98. The highest BCUT2D eigenvalue weighted by Gasteiger charge is 2.40. The molecule has 1 atom stereocenters. The van der Waals surface area contributed by atoms with Crippen LogP contribution in [0.3, 0.4) is 0 Å². The number of hydrogen-bond donors (Lipinski definition) is 0. The van der Waals surface area contributed by atoms with Crippen molar-refractivity contribution in [3.05, 3.63) is 12.7 Å². The van der Waals surface area contributed by atoms with Gasteiger partial charge in [-0.05, 0) is 37.9 Å². The fourth-order valence-electron chi connectivity index (χ4n) is 2.53. The summed E-state index contributed by atoms with van der Waals surface area (Å²) in [7, 11) is -1.38. The molecule has 0 spiro atoms. The Morgan fingerprint density at radius 1 is 1.50 bits per heavy atom. The first-order valence-electron chi connectivity index (χ1n) is 5.73. The van der Waals surface area contributed by atoms with Gasteiger partial charge < -0.3 is 4.43 Å². The molecule has 0 amide bonds. The normalized spacial score (nSPS) is 31.8. The molecule has 0 aromatic heterocycles. The summed E-state index contributed by atoms with van der Waals surface area (Å²) in [4.78, 5) is 0. The predicted molar refractivity (Wildman–Crippen MR) is 65.0 cm³/mol. The molecule has 1 heterocycles. The van der Waals surface area contributed by atoms with E-state index in [1.807, 2.05) is 0 Å². The lowest BCUT2D eigenvalue weighted by atomic mass is 9.88. The van der Waals surface area contributed by atoms with Crippen LogP contribution in [0.1, 0.15) is 33.1 Å². The molecule has 1 rings (SSSR count). The van der Waals surface area contributed by atoms with Gasteiger partial charge in [0.25, 0.3) is 0 Å². The second-order valence-corrected chi connectivity index (χ2v) is 9.81. The van der Waals surface area contributed by atoms with Crippen molar-refractivity contribution in [3.8, 4) is 0 Å². The van der Waals surface area contributed by atoms with Crippen LogP contribution in [-0.2, 0) is 4.43 Å². The van der Waals surface area contributed by atoms with Crippen LogP contribution in [0.25, 0.3) is 0 Å². The van der Waals surface area contributed by atoms with E-state index in [1.165, 1.54) is 18.9 Å². The van der Waals surface area contributed by atoms with Crippen LogP contribution in [0.2, 0.25) is 19.1 Å². The van der Waals surface area contributed by atoms with Crippen molar-refractivity contribution in [1.82, 2.24) is 0 Å². The van der Waals surface area contributed by atoms with E-state index in [2.05, 4.69) is 39.6 Å². The topological polar surface area (TPSA) is 9.23 Å². The van der Waals surface area contributed by atoms with Gasteiger partial charge in [0.1, 0.15) is 0 Å². The largest absolute Gasteiger partial charge is 0.408 e. The predicted octanol–water partition coefficient (Wildman–Crippen LogP) is 3.97. The van der Waals surface area contributed by atoms with Crippen LogP contribution < -0.4 is 0 Å². The minimum Gasteiger partial charge on any atom is -0.408 e. The zero-order chi connectivity index (χ0) is 10.8. The minimum atomic E-state index is -1.38. The van der Waals surface area contributed by atoms with E-state index in [9.17, 15) is 0 Å². The van der Waals surface area contributed by atoms with Gasteiger partial charge in [-0.15, -0.1) is 6.58 Å². The van der Waals surface area contributed by atoms with Crippen molar-refractivity contribution in [3.63, 3.8) is 0 Å². The van der Waals surface area contributed by atoms with E-state index in [-0.39, 0.29) is 5.60 Å². The van der Waals surface area contributed by atoms with Crippen LogP contribution in [-0.4, -0.2) is 13.9 Å². The van der Waals surface area contributed by atoms with E-state index >= 15 is 0 Å². The molecule has 0 radical (unpaired) electrons. The van der Waals surface area contributed by atoms with Crippen LogP contribution in [0.5, 0.6) is 0 Å². The van der Waals surface area contributed by atoms with Gasteiger partial charge in [0.15, 0.2) is 8.32 Å². The fraction of sp³-hybridized carbons (Fsp3) is 0.833. The van der Waals surface area contributed by atoms with Crippen molar-refractivity contribution >= 4 is 8.32 Å². The maximum atomic E-state index is 6.34. The highest BCUT2D eigenvalue weighted by molar-refractivity contribution is 6.71. The van der Waals surface area contributed by atoms with Gasteiger partial charge in [0, 0.05) is 0 Å². The van der Waals surface area contributed by atoms with E-state index < -0.39 is 8.32 Å². The van der Waals surface area contributed by atoms with Gasteiger partial charge in [-0.3, -0.25) is 0 Å². The molecule has 0 bridgehead atoms. The zero-order valence-electron chi connectivity index (χ0n) is 10.1. The van der Waals surface area contributed by atoms with Gasteiger partial charge >= 0.3 is 0 Å². The third kappa shape index (κ3) is 2.96. The summed E-state index contributed by atoms with van der Waals surface area (Å²) < 4.78 is 6.34. The molecule has 14 heavy (non-hydrogen) atoms. The molecule has 0 aromatic carbocycles. The van der Waals surface area contributed by atoms with Gasteiger partial charge in [0.2, 0.25) is 0 Å². The molecule has 0 N–H and O–H groups in total. The van der Waals surface area contributed by atoms with Crippen molar-refractivity contribution in [2.24, 2.45) is 5.92 Å². The first-order valence-corrected chi connectivity index (χ1v) is 8.84. The Morgan fingerprint density at radius 2 is 2.14 bits per heavy atom. The molecule has 0 aromatic rings. The lowest BCUT2D eigenvalue weighted by Crippen LogP contribution is -2.47. The maximum absolute atomic E-state index is 6.34. The first kappa shape index (κ1) is 12.0. The summed E-state index contributed by atoms with van der Waals surface area (Å²) >= 11 is 0. The summed E-state index contributed by atoms with van der Waals surface area (Å²) in [5.41, 5.74) is 0.00212. The monoisotopic (exact) mass is 212 g/mol. The molecule has 0 aliphatic carbocycles. The molecule has 1 unspecified atom stereocenters. The first-order chi connectivity index (χ1) is 6.39. The summed E-state index contributed by atoms with van der Waals surface area (Å²) in [6.45, 7) is 13.1. The van der Waals surface area contributed by atoms with Crippen LogP contribution in [0.15, 0.2) is 12.7 Å². The Morgan fingerprint density at radius 3 is 2.57 bits per heavy atom. The molecule has 1 nitrogen and oxygen atoms in total. The third-order valence-corrected chi connectivity index (χ3v) is 5.50. The Hall–Kier alpha value is -0.0831. The average molecular weight is 212 g/mol. The van der Waals surface area contributed by atoms with Gasteiger partial charge in [0.05, 0.1) is 5.60 Å². The van der Waals surface area contributed by atoms with E-state index in [0.29, 0.717) is 5.92 Å². The van der Waals surface area contributed by atoms with Crippen molar-refractivity contribution in [2.75, 3.05) is 0 Å². The fourth-order valence-corrected chi connectivity index (χ4v) is 5.03. The Bertz CT molecular complexity index is 210. The van der Waals surface area contributed by atoms with Crippen LogP contribution in [0.4, 0.5) is 0 Å². The second kappa shape index (κ2) is 4.19. The van der Waals surface area contributed by atoms with Crippen LogP contribution in [0, 0.1) is 5.92 Å². The highest BCUT2D eigenvalue weighted by atomic mass is 28.4. The standard InChI is InChI=1S/C12H24OSi/c1-6-12(10-11(2)3)8-7-9-14(4,5)13-12/h6,11H,1,7-10H2,2-5H3. The molecular formula is C12H24OSi. The van der Waals surface area contributed by atoms with Crippen molar-refractivity contribution in [1.29, 1.82) is 0 Å². The molecule has 1 aliphatic heterocycles. The molecule has 1 fully saturated rings. The van der Waals surface area contributed by atoms with Crippen LogP contribution >= 0.6 is 0 Å². The highest BCUT2D eigenvalue weighted by Crippen LogP contribution is 2.38. The molecule has 0 saturated carbocycles. The lowest BCUT2D eigenvalue weighted by molar-refractivity contribution is 0.0613. The molecular weight excluding hydrogens is 188 g/mol. The summed E-state index contributed by atoms with van der Waals surface area (Å²) in [5.74, 6) is 0.691. The van der Waals surface area contributed by atoms with Gasteiger partial charge in [-0.25, -0.2) is 0 Å². The molecule has 1 aliphatic rings. The Labute approximate surface area is 89.7 Å². The lowest BCUT2D eigenvalue weighted by Gasteiger charge is -2.44. The van der Waals surface area contributed by atoms with Crippen molar-refractivity contribution < 1.29 is 4.43 Å². The maximum Gasteiger partial charge on any atom is 0.187 e. The smallest absolute Gasteiger partial charge is 0.187 e. The zero-order valence-corrected chi connectivity index (χ0v) is 11.1. The van der Waals surface area contributed by atoms with E-state index in [1.54, 1.807) is 0 Å². The number of hydrogen-bond acceptors (Lipinski definition) is 1. The second-order valence-electron chi connectivity index (χ2n) is 5.58. The van der Waals surface area contributed by atoms with E-state index in [4.69, 9.17) is 4.43 Å². The summed E-state index contributed by atoms with van der Waals surface area (Å²) in [6, 6.07) is 1.31. The average Bonchev–Trinajstić information content (AvgIpc) is 2.01. The quantitative estimate of drug-likeness (QED) is 0.508. The van der Waals surface area contributed by atoms with Gasteiger partial charge in [-0.2, -0.15) is 0 Å². The minimum absolute atomic E-state index is 0.00212. The SMILES string of the molecule is C=CC1(CC(C)C)CCC[Si](C)(C)O1. The van der Waals surface area contributed by atoms with Crippen molar-refractivity contribution in [2.45, 2.75) is 57.8 Å². The Kier molecular flexibility index (Phi) is 3.59. The molecule has 1 saturated heterocycles.